The van der Waals surface area contributed by atoms with Crippen molar-refractivity contribution in [2.75, 3.05) is 0 Å². The Hall–Kier alpha value is -5.92. The van der Waals surface area contributed by atoms with Gasteiger partial charge in [0.15, 0.2) is 0 Å². The average molecular weight is 623 g/mol. The highest BCUT2D eigenvalue weighted by molar-refractivity contribution is 6.99. The highest BCUT2D eigenvalue weighted by Crippen LogP contribution is 2.46. The van der Waals surface area contributed by atoms with E-state index in [0.29, 0.717) is 0 Å². The molecule has 0 unspecified atom stereocenters. The van der Waals surface area contributed by atoms with E-state index in [1.807, 2.05) is 0 Å². The van der Waals surface area contributed by atoms with Gasteiger partial charge in [0.2, 0.25) is 6.71 Å². The van der Waals surface area contributed by atoms with Gasteiger partial charge in [-0.3, -0.25) is 0 Å². The van der Waals surface area contributed by atoms with Crippen molar-refractivity contribution in [1.29, 1.82) is 0 Å². The lowest BCUT2D eigenvalue weighted by Gasteiger charge is -2.20. The summed E-state index contributed by atoms with van der Waals surface area (Å²) in [6.07, 6.45) is 0. The fraction of sp³-hybridized carbons (Fsp3) is 0.0417. The summed E-state index contributed by atoms with van der Waals surface area (Å²) in [5.74, 6) is 0. The Morgan fingerprint density at radius 2 is 0.878 bits per heavy atom. The summed E-state index contributed by atoms with van der Waals surface area (Å²) >= 11 is 0. The standard InChI is InChI=1S/C40H25B.C8H10/c1-4-12-26(13-5-1)34-25-35(27-14-6-2-7-15-27)31-22-23-33-38-28(20-21-30(34)40(31)38)24-37-39(33)32-18-10-11-19-36(32)41(37)29-16-8-3-9-17-29;1-7-5-3-4-6-8(7)2/h1-25H;3-6H,1-2H3. The average Bonchev–Trinajstić information content (AvgIpc) is 3.50. The predicted molar refractivity (Wildman–Crippen MR) is 213 cm³/mol. The van der Waals surface area contributed by atoms with Crippen LogP contribution < -0.4 is 16.4 Å². The van der Waals surface area contributed by atoms with E-state index >= 15 is 0 Å². The lowest BCUT2D eigenvalue weighted by molar-refractivity contribution is 1.34. The highest BCUT2D eigenvalue weighted by atomic mass is 14.2. The molecule has 0 atom stereocenters. The van der Waals surface area contributed by atoms with Gasteiger partial charge in [-0.2, -0.15) is 0 Å². The van der Waals surface area contributed by atoms with Crippen molar-refractivity contribution >= 4 is 55.4 Å². The molecule has 0 fully saturated rings. The molecule has 9 aromatic carbocycles. The summed E-state index contributed by atoms with van der Waals surface area (Å²) in [4.78, 5) is 0. The van der Waals surface area contributed by atoms with Crippen LogP contribution >= 0.6 is 0 Å². The van der Waals surface area contributed by atoms with Crippen molar-refractivity contribution in [3.63, 3.8) is 0 Å². The zero-order valence-corrected chi connectivity index (χ0v) is 27.8. The second-order valence-corrected chi connectivity index (χ2v) is 13.3. The van der Waals surface area contributed by atoms with Crippen LogP contribution in [0, 0.1) is 13.8 Å². The van der Waals surface area contributed by atoms with E-state index in [2.05, 4.69) is 190 Å². The second kappa shape index (κ2) is 12.0. The molecule has 0 radical (unpaired) electrons. The third kappa shape index (κ3) is 4.85. The van der Waals surface area contributed by atoms with Gasteiger partial charge < -0.3 is 0 Å². The highest BCUT2D eigenvalue weighted by Gasteiger charge is 2.35. The number of fused-ring (bicyclic) bond motifs is 4. The lowest BCUT2D eigenvalue weighted by atomic mass is 9.39. The molecule has 1 heterocycles. The first-order chi connectivity index (χ1) is 24.2. The quantitative estimate of drug-likeness (QED) is 0.136. The number of aryl methyl sites for hydroxylation is 2. The normalized spacial score (nSPS) is 11.8. The molecule has 1 aliphatic rings. The van der Waals surface area contributed by atoms with E-state index in [-0.39, 0.29) is 6.71 Å². The fourth-order valence-corrected chi connectivity index (χ4v) is 8.05. The Morgan fingerprint density at radius 1 is 0.367 bits per heavy atom. The maximum absolute atomic E-state index is 2.48. The van der Waals surface area contributed by atoms with Crippen LogP contribution in [0.3, 0.4) is 0 Å². The van der Waals surface area contributed by atoms with Gasteiger partial charge in [-0.1, -0.05) is 186 Å². The first-order valence-corrected chi connectivity index (χ1v) is 17.2. The minimum absolute atomic E-state index is 0.240. The molecule has 230 valence electrons. The molecule has 0 spiro atoms. The molecule has 0 N–H and O–H groups in total. The molecule has 0 saturated carbocycles. The smallest absolute Gasteiger partial charge is 0.0686 e. The van der Waals surface area contributed by atoms with Gasteiger partial charge in [0.05, 0.1) is 0 Å². The van der Waals surface area contributed by atoms with Gasteiger partial charge >= 0.3 is 0 Å². The molecular weight excluding hydrogens is 587 g/mol. The minimum atomic E-state index is 0.240. The molecule has 9 aromatic rings. The van der Waals surface area contributed by atoms with Crippen molar-refractivity contribution in [2.45, 2.75) is 13.8 Å². The van der Waals surface area contributed by atoms with Crippen LogP contribution in [0.1, 0.15) is 11.1 Å². The van der Waals surface area contributed by atoms with Crippen molar-refractivity contribution in [3.8, 4) is 33.4 Å². The van der Waals surface area contributed by atoms with Gasteiger partial charge in [-0.05, 0) is 96.7 Å². The van der Waals surface area contributed by atoms with Gasteiger partial charge in [0.1, 0.15) is 0 Å². The van der Waals surface area contributed by atoms with E-state index in [1.165, 1.54) is 93.2 Å². The largest absolute Gasteiger partial charge is 0.242 e. The minimum Gasteiger partial charge on any atom is -0.0686 e. The molecule has 0 aliphatic carbocycles. The summed E-state index contributed by atoms with van der Waals surface area (Å²) in [5.41, 5.74) is 14.7. The topological polar surface area (TPSA) is 0 Å². The SMILES string of the molecule is Cc1ccccc1C.c1ccc(B2c3ccccc3-c3c2cc2ccc4c(-c5ccccc5)cc(-c5ccccc5)c5ccc3c2c45)cc1. The van der Waals surface area contributed by atoms with Crippen molar-refractivity contribution < 1.29 is 0 Å². The molecule has 0 aromatic heterocycles. The first-order valence-electron chi connectivity index (χ1n) is 17.2. The fourth-order valence-electron chi connectivity index (χ4n) is 8.05. The van der Waals surface area contributed by atoms with Crippen molar-refractivity contribution in [1.82, 2.24) is 0 Å². The first kappa shape index (κ1) is 29.2. The van der Waals surface area contributed by atoms with Gasteiger partial charge in [0, 0.05) is 0 Å². The zero-order valence-electron chi connectivity index (χ0n) is 27.8. The third-order valence-corrected chi connectivity index (χ3v) is 10.5. The molecule has 0 amide bonds. The van der Waals surface area contributed by atoms with Gasteiger partial charge in [-0.25, -0.2) is 0 Å². The van der Waals surface area contributed by atoms with Crippen molar-refractivity contribution in [2.24, 2.45) is 0 Å². The Bertz CT molecular complexity index is 2520. The molecule has 10 rings (SSSR count). The summed E-state index contributed by atoms with van der Waals surface area (Å²) in [7, 11) is 0. The van der Waals surface area contributed by atoms with E-state index in [1.54, 1.807) is 0 Å². The van der Waals surface area contributed by atoms with Crippen LogP contribution in [0.2, 0.25) is 0 Å². The van der Waals surface area contributed by atoms with E-state index in [9.17, 15) is 0 Å². The van der Waals surface area contributed by atoms with Crippen LogP contribution in [0.5, 0.6) is 0 Å². The van der Waals surface area contributed by atoms with E-state index in [4.69, 9.17) is 0 Å². The Balaban J connectivity index is 0.000000360. The maximum Gasteiger partial charge on any atom is 0.242 e. The van der Waals surface area contributed by atoms with Gasteiger partial charge in [-0.15, -0.1) is 0 Å². The molecule has 0 saturated heterocycles. The molecular formula is C48H35B. The van der Waals surface area contributed by atoms with Gasteiger partial charge in [0.25, 0.3) is 0 Å². The van der Waals surface area contributed by atoms with Crippen LogP contribution in [-0.4, -0.2) is 6.71 Å². The molecule has 0 bridgehead atoms. The predicted octanol–water partition coefficient (Wildman–Crippen LogP) is 10.7. The van der Waals surface area contributed by atoms with Crippen LogP contribution in [-0.2, 0) is 0 Å². The number of rotatable bonds is 3. The van der Waals surface area contributed by atoms with E-state index in [0.717, 1.165) is 0 Å². The summed E-state index contributed by atoms with van der Waals surface area (Å²) in [6, 6.07) is 64.4. The molecule has 49 heavy (non-hydrogen) atoms. The van der Waals surface area contributed by atoms with Crippen LogP contribution in [0.4, 0.5) is 0 Å². The molecule has 1 aliphatic heterocycles. The maximum atomic E-state index is 2.48. The van der Waals surface area contributed by atoms with E-state index < -0.39 is 0 Å². The number of benzene rings is 9. The second-order valence-electron chi connectivity index (χ2n) is 13.3. The third-order valence-electron chi connectivity index (χ3n) is 10.5. The lowest BCUT2D eigenvalue weighted by Crippen LogP contribution is -2.48. The molecule has 1 heteroatoms. The Morgan fingerprint density at radius 3 is 1.49 bits per heavy atom. The Labute approximate surface area is 288 Å². The van der Waals surface area contributed by atoms with Crippen LogP contribution in [0.15, 0.2) is 176 Å². The summed E-state index contributed by atoms with van der Waals surface area (Å²) in [6.45, 7) is 4.48. The summed E-state index contributed by atoms with van der Waals surface area (Å²) in [5, 5.41) is 8.03. The monoisotopic (exact) mass is 622 g/mol. The van der Waals surface area contributed by atoms with Crippen LogP contribution in [0.25, 0.3) is 65.7 Å². The summed E-state index contributed by atoms with van der Waals surface area (Å²) < 4.78 is 0. The zero-order chi connectivity index (χ0) is 32.9. The Kier molecular flexibility index (Phi) is 7.13. The number of hydrogen-bond acceptors (Lipinski definition) is 0. The molecule has 0 nitrogen and oxygen atoms in total. The van der Waals surface area contributed by atoms with Crippen molar-refractivity contribution in [3.05, 3.63) is 187 Å². The number of hydrogen-bond donors (Lipinski definition) is 0.